The van der Waals surface area contributed by atoms with Gasteiger partial charge in [0, 0.05) is 11.5 Å². The average molecular weight is 305 g/mol. The molecule has 0 N–H and O–H groups in total. The highest BCUT2D eigenvalue weighted by Gasteiger charge is 2.07. The molecule has 1 heterocycles. The minimum atomic E-state index is -0.417. The zero-order valence-electron chi connectivity index (χ0n) is 8.20. The zero-order valence-corrected chi connectivity index (χ0v) is 10.5. The van der Waals surface area contributed by atoms with E-state index in [1.165, 1.54) is 6.07 Å². The molecule has 0 aliphatic rings. The SMILES string of the molecule is Fc1cccc(Cn2cc(CBr)nn2)c1Cl. The molecule has 0 radical (unpaired) electrons. The molecule has 0 fully saturated rings. The third kappa shape index (κ3) is 2.41. The van der Waals surface area contributed by atoms with E-state index >= 15 is 0 Å². The Morgan fingerprint density at radius 1 is 1.44 bits per heavy atom. The molecule has 0 atom stereocenters. The number of benzene rings is 1. The molecule has 0 spiro atoms. The number of hydrogen-bond acceptors (Lipinski definition) is 2. The van der Waals surface area contributed by atoms with Crippen molar-refractivity contribution in [2.75, 3.05) is 0 Å². The van der Waals surface area contributed by atoms with Crippen LogP contribution >= 0.6 is 27.5 Å². The van der Waals surface area contributed by atoms with Crippen LogP contribution in [-0.4, -0.2) is 15.0 Å². The summed E-state index contributed by atoms with van der Waals surface area (Å²) in [5, 5.41) is 8.60. The van der Waals surface area contributed by atoms with Crippen LogP contribution in [0.5, 0.6) is 0 Å². The molecular weight excluding hydrogens is 296 g/mol. The first-order valence-corrected chi connectivity index (χ1v) is 6.08. The fraction of sp³-hybridized carbons (Fsp3) is 0.200. The van der Waals surface area contributed by atoms with Crippen molar-refractivity contribution in [3.8, 4) is 0 Å². The molecule has 3 nitrogen and oxygen atoms in total. The molecule has 2 aromatic rings. The fourth-order valence-electron chi connectivity index (χ4n) is 1.32. The molecule has 0 unspecified atom stereocenters. The summed E-state index contributed by atoms with van der Waals surface area (Å²) in [4.78, 5) is 0. The topological polar surface area (TPSA) is 30.7 Å². The second-order valence-electron chi connectivity index (χ2n) is 3.25. The van der Waals surface area contributed by atoms with Gasteiger partial charge in [0.2, 0.25) is 0 Å². The van der Waals surface area contributed by atoms with Gasteiger partial charge in [-0.05, 0) is 11.6 Å². The number of aromatic nitrogens is 3. The average Bonchev–Trinajstić information content (AvgIpc) is 2.73. The first kappa shape index (κ1) is 11.5. The van der Waals surface area contributed by atoms with Gasteiger partial charge in [-0.3, -0.25) is 0 Å². The Balaban J connectivity index is 2.23. The molecule has 0 aliphatic heterocycles. The fourth-order valence-corrected chi connectivity index (χ4v) is 1.76. The zero-order chi connectivity index (χ0) is 11.5. The van der Waals surface area contributed by atoms with Crippen molar-refractivity contribution in [3.63, 3.8) is 0 Å². The summed E-state index contributed by atoms with van der Waals surface area (Å²) in [7, 11) is 0. The van der Waals surface area contributed by atoms with Crippen molar-refractivity contribution in [1.29, 1.82) is 0 Å². The molecule has 6 heteroatoms. The summed E-state index contributed by atoms with van der Waals surface area (Å²) in [6.07, 6.45) is 1.79. The van der Waals surface area contributed by atoms with Crippen molar-refractivity contribution in [3.05, 3.63) is 46.5 Å². The lowest BCUT2D eigenvalue weighted by molar-refractivity contribution is 0.614. The van der Waals surface area contributed by atoms with E-state index in [1.807, 2.05) is 0 Å². The number of hydrogen-bond donors (Lipinski definition) is 0. The lowest BCUT2D eigenvalue weighted by Gasteiger charge is -2.04. The van der Waals surface area contributed by atoms with Gasteiger partial charge in [0.1, 0.15) is 5.82 Å². The van der Waals surface area contributed by atoms with Crippen LogP contribution in [0.3, 0.4) is 0 Å². The van der Waals surface area contributed by atoms with Crippen LogP contribution in [0.25, 0.3) is 0 Å². The summed E-state index contributed by atoms with van der Waals surface area (Å²) in [6.45, 7) is 0.413. The van der Waals surface area contributed by atoms with Gasteiger partial charge in [-0.25, -0.2) is 9.07 Å². The van der Waals surface area contributed by atoms with E-state index in [4.69, 9.17) is 11.6 Å². The van der Waals surface area contributed by atoms with Crippen LogP contribution in [0.2, 0.25) is 5.02 Å². The van der Waals surface area contributed by atoms with Crippen molar-refractivity contribution >= 4 is 27.5 Å². The van der Waals surface area contributed by atoms with Crippen LogP contribution in [0.1, 0.15) is 11.3 Å². The molecule has 1 aromatic carbocycles. The molecule has 2 rings (SSSR count). The highest BCUT2D eigenvalue weighted by molar-refractivity contribution is 9.08. The van der Waals surface area contributed by atoms with Crippen molar-refractivity contribution < 1.29 is 4.39 Å². The summed E-state index contributed by atoms with van der Waals surface area (Å²) in [5.41, 5.74) is 1.51. The lowest BCUT2D eigenvalue weighted by Crippen LogP contribution is -2.01. The van der Waals surface area contributed by atoms with Gasteiger partial charge in [-0.15, -0.1) is 5.10 Å². The maximum absolute atomic E-state index is 13.2. The number of nitrogens with zero attached hydrogens (tertiary/aromatic N) is 3. The van der Waals surface area contributed by atoms with Gasteiger partial charge in [-0.1, -0.05) is 44.9 Å². The Labute approximate surface area is 105 Å². The molecule has 16 heavy (non-hydrogen) atoms. The van der Waals surface area contributed by atoms with Crippen LogP contribution in [0.4, 0.5) is 4.39 Å². The summed E-state index contributed by atoms with van der Waals surface area (Å²) in [6, 6.07) is 4.72. The van der Waals surface area contributed by atoms with Gasteiger partial charge in [0.15, 0.2) is 0 Å². The van der Waals surface area contributed by atoms with Crippen LogP contribution in [0, 0.1) is 5.82 Å². The van der Waals surface area contributed by atoms with Crippen LogP contribution < -0.4 is 0 Å². The van der Waals surface area contributed by atoms with Crippen LogP contribution in [0.15, 0.2) is 24.4 Å². The smallest absolute Gasteiger partial charge is 0.142 e. The largest absolute Gasteiger partial charge is 0.248 e. The minimum absolute atomic E-state index is 0.137. The molecule has 84 valence electrons. The molecule has 0 saturated carbocycles. The number of alkyl halides is 1. The Morgan fingerprint density at radius 3 is 2.94 bits per heavy atom. The quantitative estimate of drug-likeness (QED) is 0.816. The predicted octanol–water partition coefficient (Wildman–Crippen LogP) is 3.01. The van der Waals surface area contributed by atoms with E-state index in [9.17, 15) is 4.39 Å². The van der Waals surface area contributed by atoms with E-state index in [-0.39, 0.29) is 5.02 Å². The van der Waals surface area contributed by atoms with Gasteiger partial charge in [-0.2, -0.15) is 0 Å². The first-order chi connectivity index (χ1) is 7.70. The molecule has 0 saturated heterocycles. The minimum Gasteiger partial charge on any atom is -0.248 e. The van der Waals surface area contributed by atoms with E-state index < -0.39 is 5.82 Å². The maximum atomic E-state index is 13.2. The van der Waals surface area contributed by atoms with Gasteiger partial charge >= 0.3 is 0 Å². The van der Waals surface area contributed by atoms with E-state index in [2.05, 4.69) is 26.2 Å². The predicted molar refractivity (Wildman–Crippen MR) is 63.2 cm³/mol. The molecular formula is C10H8BrClFN3. The second kappa shape index (κ2) is 4.93. The summed E-state index contributed by atoms with van der Waals surface area (Å²) >= 11 is 9.12. The summed E-state index contributed by atoms with van der Waals surface area (Å²) in [5.74, 6) is -0.417. The standard InChI is InChI=1S/C10H8BrClFN3/c11-4-8-6-16(15-14-8)5-7-2-1-3-9(13)10(7)12/h1-3,6H,4-5H2. The van der Waals surface area contributed by atoms with Gasteiger partial charge in [0.05, 0.1) is 17.3 Å². The number of halogens is 3. The molecule has 0 amide bonds. The molecule has 1 aromatic heterocycles. The summed E-state index contributed by atoms with van der Waals surface area (Å²) < 4.78 is 14.8. The Bertz CT molecular complexity index is 501. The Hall–Kier alpha value is -0.940. The normalized spacial score (nSPS) is 10.7. The highest BCUT2D eigenvalue weighted by Crippen LogP contribution is 2.20. The third-order valence-corrected chi connectivity index (χ3v) is 3.08. The van der Waals surface area contributed by atoms with Crippen molar-refractivity contribution in [2.24, 2.45) is 0 Å². The van der Waals surface area contributed by atoms with Crippen molar-refractivity contribution in [1.82, 2.24) is 15.0 Å². The van der Waals surface area contributed by atoms with E-state index in [0.717, 1.165) is 5.69 Å². The first-order valence-electron chi connectivity index (χ1n) is 4.58. The maximum Gasteiger partial charge on any atom is 0.142 e. The third-order valence-electron chi connectivity index (χ3n) is 2.09. The van der Waals surface area contributed by atoms with Crippen LogP contribution in [-0.2, 0) is 11.9 Å². The second-order valence-corrected chi connectivity index (χ2v) is 4.19. The Kier molecular flexibility index (Phi) is 3.56. The van der Waals surface area contributed by atoms with E-state index in [0.29, 0.717) is 17.4 Å². The van der Waals surface area contributed by atoms with Gasteiger partial charge in [0.25, 0.3) is 0 Å². The monoisotopic (exact) mass is 303 g/mol. The number of rotatable bonds is 3. The lowest BCUT2D eigenvalue weighted by atomic mass is 10.2. The molecule has 0 bridgehead atoms. The Morgan fingerprint density at radius 2 is 2.25 bits per heavy atom. The van der Waals surface area contributed by atoms with Gasteiger partial charge < -0.3 is 0 Å². The molecule has 0 aliphatic carbocycles. The highest BCUT2D eigenvalue weighted by atomic mass is 79.9. The van der Waals surface area contributed by atoms with E-state index in [1.54, 1.807) is 23.0 Å². The van der Waals surface area contributed by atoms with Crippen molar-refractivity contribution in [2.45, 2.75) is 11.9 Å².